The number of aromatic nitrogens is 1. The van der Waals surface area contributed by atoms with Gasteiger partial charge in [-0.1, -0.05) is 5.16 Å². The van der Waals surface area contributed by atoms with Gasteiger partial charge in [0.1, 0.15) is 12.0 Å². The Morgan fingerprint density at radius 3 is 2.53 bits per heavy atom. The van der Waals surface area contributed by atoms with Gasteiger partial charge in [0.05, 0.1) is 13.2 Å². The number of alkyl halides is 1. The maximum atomic E-state index is 13.8. The molecule has 1 aromatic heterocycles. The first-order chi connectivity index (χ1) is 7.14. The summed E-state index contributed by atoms with van der Waals surface area (Å²) in [7, 11) is -3.79. The first kappa shape index (κ1) is 12.4. The van der Waals surface area contributed by atoms with Crippen LogP contribution in [-0.2, 0) is 13.6 Å². The predicted molar refractivity (Wildman–Crippen MR) is 51.2 cm³/mol. The Bertz CT molecular complexity index is 319. The lowest BCUT2D eigenvalue weighted by atomic mass is 10.5. The van der Waals surface area contributed by atoms with E-state index in [0.29, 0.717) is 0 Å². The zero-order valence-corrected chi connectivity index (χ0v) is 9.45. The van der Waals surface area contributed by atoms with Crippen molar-refractivity contribution in [1.82, 2.24) is 5.16 Å². The molecular weight excluding hydrogens is 224 g/mol. The Morgan fingerprint density at radius 2 is 2.13 bits per heavy atom. The third kappa shape index (κ3) is 2.87. The predicted octanol–water partition coefficient (Wildman–Crippen LogP) is 2.91. The van der Waals surface area contributed by atoms with E-state index in [1.54, 1.807) is 13.8 Å². The van der Waals surface area contributed by atoms with Gasteiger partial charge < -0.3 is 13.6 Å². The number of halogens is 1. The highest BCUT2D eigenvalue weighted by Crippen LogP contribution is 2.61. The molecule has 0 N–H and O–H groups in total. The largest absolute Gasteiger partial charge is 0.370 e. The van der Waals surface area contributed by atoms with Gasteiger partial charge in [0, 0.05) is 6.07 Å². The van der Waals surface area contributed by atoms with Crippen LogP contribution in [0.4, 0.5) is 4.39 Å². The molecule has 1 heterocycles. The fourth-order valence-corrected chi connectivity index (χ4v) is 2.55. The summed E-state index contributed by atoms with van der Waals surface area (Å²) in [6.07, 6.45) is 1.20. The Morgan fingerprint density at radius 1 is 1.53 bits per heavy atom. The molecule has 0 aromatic carbocycles. The minimum atomic E-state index is -3.79. The first-order valence-electron chi connectivity index (χ1n) is 4.57. The van der Waals surface area contributed by atoms with Gasteiger partial charge in [-0.05, 0) is 13.8 Å². The van der Waals surface area contributed by atoms with Gasteiger partial charge in [-0.15, -0.1) is 0 Å². The van der Waals surface area contributed by atoms with Crippen LogP contribution < -0.4 is 0 Å². The van der Waals surface area contributed by atoms with Crippen molar-refractivity contribution in [2.45, 2.75) is 19.8 Å². The van der Waals surface area contributed by atoms with E-state index in [-0.39, 0.29) is 18.9 Å². The highest BCUT2D eigenvalue weighted by Gasteiger charge is 2.38. The minimum Gasteiger partial charge on any atom is -0.364 e. The Labute approximate surface area is 87.1 Å². The summed E-state index contributed by atoms with van der Waals surface area (Å²) < 4.78 is 39.8. The summed E-state index contributed by atoms with van der Waals surface area (Å²) in [6.45, 7) is 3.44. The zero-order chi connectivity index (χ0) is 11.3. The van der Waals surface area contributed by atoms with Crippen molar-refractivity contribution < 1.29 is 22.5 Å². The monoisotopic (exact) mass is 237 g/mol. The molecule has 0 aliphatic carbocycles. The molecule has 1 atom stereocenters. The van der Waals surface area contributed by atoms with Crippen molar-refractivity contribution in [2.75, 3.05) is 13.2 Å². The molecule has 1 rings (SSSR count). The normalized spacial score (nSPS) is 14.1. The van der Waals surface area contributed by atoms with Gasteiger partial charge in [0.25, 0.3) is 0 Å². The van der Waals surface area contributed by atoms with Crippen molar-refractivity contribution in [2.24, 2.45) is 0 Å². The van der Waals surface area contributed by atoms with Gasteiger partial charge in [0.2, 0.25) is 5.91 Å². The average molecular weight is 237 g/mol. The topological polar surface area (TPSA) is 61.6 Å². The van der Waals surface area contributed by atoms with Gasteiger partial charge >= 0.3 is 7.60 Å². The van der Waals surface area contributed by atoms with E-state index in [1.807, 2.05) is 0 Å². The van der Waals surface area contributed by atoms with E-state index in [4.69, 9.17) is 9.05 Å². The molecule has 0 radical (unpaired) electrons. The molecule has 0 spiro atoms. The van der Waals surface area contributed by atoms with Crippen molar-refractivity contribution in [3.8, 4) is 0 Å². The standard InChI is InChI=1S/C8H13FNO4P/c1-3-13-15(11,14-4-2)8(9)7-5-6-12-10-7/h5-6,8H,3-4H2,1-2H3. The third-order valence-corrected chi connectivity index (χ3v) is 3.65. The quantitative estimate of drug-likeness (QED) is 0.712. The van der Waals surface area contributed by atoms with E-state index >= 15 is 0 Å². The van der Waals surface area contributed by atoms with Crippen LogP contribution >= 0.6 is 7.60 Å². The van der Waals surface area contributed by atoms with Crippen LogP contribution in [0, 0.1) is 0 Å². The van der Waals surface area contributed by atoms with Gasteiger partial charge in [-0.2, -0.15) is 0 Å². The molecule has 0 fully saturated rings. The summed E-state index contributed by atoms with van der Waals surface area (Å²) in [4.78, 5) is 0. The highest BCUT2D eigenvalue weighted by molar-refractivity contribution is 7.54. The van der Waals surface area contributed by atoms with Crippen molar-refractivity contribution >= 4 is 7.60 Å². The van der Waals surface area contributed by atoms with E-state index in [0.717, 1.165) is 0 Å². The summed E-state index contributed by atoms with van der Waals surface area (Å²) >= 11 is 0. The van der Waals surface area contributed by atoms with Crippen LogP contribution in [-0.4, -0.2) is 18.4 Å². The molecule has 1 unspecified atom stereocenters. The lowest BCUT2D eigenvalue weighted by Gasteiger charge is -2.18. The number of hydrogen-bond acceptors (Lipinski definition) is 5. The molecule has 0 bridgehead atoms. The Kier molecular flexibility index (Phi) is 4.45. The second kappa shape index (κ2) is 5.39. The van der Waals surface area contributed by atoms with Crippen molar-refractivity contribution in [3.63, 3.8) is 0 Å². The Balaban J connectivity index is 2.84. The molecule has 7 heteroatoms. The smallest absolute Gasteiger partial charge is 0.364 e. The molecule has 1 aromatic rings. The number of hydrogen-bond donors (Lipinski definition) is 0. The maximum absolute atomic E-state index is 13.8. The van der Waals surface area contributed by atoms with Crippen LogP contribution in [0.15, 0.2) is 16.9 Å². The summed E-state index contributed by atoms with van der Waals surface area (Å²) in [5, 5.41) is 3.36. The lowest BCUT2D eigenvalue weighted by Crippen LogP contribution is -2.03. The summed E-state index contributed by atoms with van der Waals surface area (Å²) in [6, 6.07) is 1.29. The molecule has 15 heavy (non-hydrogen) atoms. The number of nitrogens with zero attached hydrogens (tertiary/aromatic N) is 1. The van der Waals surface area contributed by atoms with Gasteiger partial charge in [-0.3, -0.25) is 4.57 Å². The SMILES string of the molecule is CCOP(=O)(OCC)C(F)c1ccon1. The van der Waals surface area contributed by atoms with Crippen LogP contribution in [0.2, 0.25) is 0 Å². The van der Waals surface area contributed by atoms with Gasteiger partial charge in [-0.25, -0.2) is 4.39 Å². The molecule has 86 valence electrons. The molecule has 0 aliphatic heterocycles. The molecule has 0 amide bonds. The molecule has 0 aliphatic rings. The summed E-state index contributed by atoms with van der Waals surface area (Å²) in [5.41, 5.74) is -0.0831. The van der Waals surface area contributed by atoms with Crippen LogP contribution in [0.3, 0.4) is 0 Å². The van der Waals surface area contributed by atoms with E-state index in [1.165, 1.54) is 12.3 Å². The van der Waals surface area contributed by atoms with Crippen LogP contribution in [0.1, 0.15) is 25.5 Å². The average Bonchev–Trinajstić information content (AvgIpc) is 2.70. The second-order valence-electron chi connectivity index (χ2n) is 2.64. The first-order valence-corrected chi connectivity index (χ1v) is 6.18. The lowest BCUT2D eigenvalue weighted by molar-refractivity contribution is 0.187. The summed E-state index contributed by atoms with van der Waals surface area (Å²) in [5.74, 6) is -1.91. The van der Waals surface area contributed by atoms with Crippen LogP contribution in [0.25, 0.3) is 0 Å². The zero-order valence-electron chi connectivity index (χ0n) is 8.55. The minimum absolute atomic E-state index is 0.0831. The van der Waals surface area contributed by atoms with E-state index < -0.39 is 13.5 Å². The Hall–Kier alpha value is -0.710. The van der Waals surface area contributed by atoms with Gasteiger partial charge in [0.15, 0.2) is 0 Å². The molecule has 0 saturated carbocycles. The molecule has 5 nitrogen and oxygen atoms in total. The van der Waals surface area contributed by atoms with E-state index in [9.17, 15) is 8.96 Å². The van der Waals surface area contributed by atoms with Crippen molar-refractivity contribution in [3.05, 3.63) is 18.0 Å². The fraction of sp³-hybridized carbons (Fsp3) is 0.625. The third-order valence-electron chi connectivity index (χ3n) is 1.60. The highest BCUT2D eigenvalue weighted by atomic mass is 31.2. The van der Waals surface area contributed by atoms with Crippen LogP contribution in [0.5, 0.6) is 0 Å². The fourth-order valence-electron chi connectivity index (χ4n) is 1.03. The second-order valence-corrected chi connectivity index (χ2v) is 4.68. The van der Waals surface area contributed by atoms with Crippen molar-refractivity contribution in [1.29, 1.82) is 0 Å². The molecular formula is C8H13FNO4P. The molecule has 0 saturated heterocycles. The maximum Gasteiger partial charge on any atom is 0.370 e. The van der Waals surface area contributed by atoms with E-state index in [2.05, 4.69) is 9.68 Å². The number of rotatable bonds is 6.